The molecule has 6 heteroatoms. The Labute approximate surface area is 178 Å². The van der Waals surface area contributed by atoms with Crippen molar-refractivity contribution in [2.45, 2.75) is 32.7 Å². The standard InChI is InChI=1S/C13H20N4O2.C11H10/c1-3-19-12(18)10-8-14-13(15-9-10)16-11-4-6-17(2)7-5-11;1-9-6-7-10-4-2-3-5-11(10)8-9/h8-9,11H,3-7H2,1-2H3,(H,14,15,16);2-8H,1H3. The average molecular weight is 407 g/mol. The number of ether oxygens (including phenoxy) is 1. The lowest BCUT2D eigenvalue weighted by Gasteiger charge is -2.29. The van der Waals surface area contributed by atoms with Crippen molar-refractivity contribution in [3.05, 3.63) is 66.0 Å². The van der Waals surface area contributed by atoms with Gasteiger partial charge in [-0.1, -0.05) is 48.0 Å². The Kier molecular flexibility index (Phi) is 7.74. The lowest BCUT2D eigenvalue weighted by molar-refractivity contribution is 0.0525. The van der Waals surface area contributed by atoms with Gasteiger partial charge < -0.3 is 15.0 Å². The second kappa shape index (κ2) is 10.7. The summed E-state index contributed by atoms with van der Waals surface area (Å²) in [5.74, 6) is 0.191. The Morgan fingerprint density at radius 1 is 1.10 bits per heavy atom. The fraction of sp³-hybridized carbons (Fsp3) is 0.375. The molecule has 0 unspecified atom stereocenters. The summed E-state index contributed by atoms with van der Waals surface area (Å²) < 4.78 is 4.88. The lowest BCUT2D eigenvalue weighted by atomic mass is 10.1. The van der Waals surface area contributed by atoms with Crippen LogP contribution in [0.3, 0.4) is 0 Å². The van der Waals surface area contributed by atoms with Crippen LogP contribution < -0.4 is 5.32 Å². The quantitative estimate of drug-likeness (QED) is 0.652. The number of fused-ring (bicyclic) bond motifs is 1. The van der Waals surface area contributed by atoms with Gasteiger partial charge in [-0.05, 0) is 57.6 Å². The molecule has 0 aliphatic carbocycles. The zero-order valence-electron chi connectivity index (χ0n) is 18.0. The minimum atomic E-state index is -0.381. The molecule has 1 saturated heterocycles. The van der Waals surface area contributed by atoms with Crippen molar-refractivity contribution in [1.29, 1.82) is 0 Å². The Morgan fingerprint density at radius 3 is 2.43 bits per heavy atom. The second-order valence-corrected chi connectivity index (χ2v) is 7.59. The van der Waals surface area contributed by atoms with Gasteiger partial charge in [0.2, 0.25) is 5.95 Å². The normalized spacial score (nSPS) is 14.6. The molecule has 1 aliphatic heterocycles. The third kappa shape index (κ3) is 6.26. The molecule has 1 fully saturated rings. The molecule has 0 saturated carbocycles. The largest absolute Gasteiger partial charge is 0.462 e. The van der Waals surface area contributed by atoms with E-state index in [0.717, 1.165) is 25.9 Å². The number of hydrogen-bond acceptors (Lipinski definition) is 6. The first-order valence-electron chi connectivity index (χ1n) is 10.4. The van der Waals surface area contributed by atoms with Crippen LogP contribution in [0, 0.1) is 6.92 Å². The maximum Gasteiger partial charge on any atom is 0.341 e. The van der Waals surface area contributed by atoms with Crippen LogP contribution >= 0.6 is 0 Å². The second-order valence-electron chi connectivity index (χ2n) is 7.59. The lowest BCUT2D eigenvalue weighted by Crippen LogP contribution is -2.37. The van der Waals surface area contributed by atoms with Gasteiger partial charge in [0.25, 0.3) is 0 Å². The summed E-state index contributed by atoms with van der Waals surface area (Å²) in [6.45, 7) is 6.41. The minimum absolute atomic E-state index is 0.356. The number of benzene rings is 2. The van der Waals surface area contributed by atoms with Crippen molar-refractivity contribution >= 4 is 22.7 Å². The third-order valence-corrected chi connectivity index (χ3v) is 5.12. The third-order valence-electron chi connectivity index (χ3n) is 5.12. The van der Waals surface area contributed by atoms with E-state index in [4.69, 9.17) is 4.74 Å². The van der Waals surface area contributed by atoms with Crippen molar-refractivity contribution in [2.75, 3.05) is 32.1 Å². The fourth-order valence-corrected chi connectivity index (χ4v) is 3.37. The molecule has 2 aromatic carbocycles. The number of piperidine rings is 1. The van der Waals surface area contributed by atoms with Crippen LogP contribution in [0.1, 0.15) is 35.7 Å². The van der Waals surface area contributed by atoms with Gasteiger partial charge >= 0.3 is 5.97 Å². The summed E-state index contributed by atoms with van der Waals surface area (Å²) in [5, 5.41) is 5.94. The van der Waals surface area contributed by atoms with Crippen molar-refractivity contribution in [2.24, 2.45) is 0 Å². The molecule has 1 N–H and O–H groups in total. The first kappa shape index (κ1) is 21.7. The molecule has 0 spiro atoms. The molecule has 1 aromatic heterocycles. The predicted octanol–water partition coefficient (Wildman–Crippen LogP) is 4.31. The molecule has 0 radical (unpaired) electrons. The van der Waals surface area contributed by atoms with Crippen molar-refractivity contribution in [1.82, 2.24) is 14.9 Å². The maximum absolute atomic E-state index is 11.5. The first-order valence-corrected chi connectivity index (χ1v) is 10.4. The Hall–Kier alpha value is -2.99. The van der Waals surface area contributed by atoms with Gasteiger partial charge in [-0.2, -0.15) is 0 Å². The number of nitrogens with one attached hydrogen (secondary N) is 1. The molecule has 30 heavy (non-hydrogen) atoms. The number of carbonyl (C=O) groups excluding carboxylic acids is 1. The topological polar surface area (TPSA) is 67.3 Å². The SMILES string of the molecule is CCOC(=O)c1cnc(NC2CCN(C)CC2)nc1.Cc1ccc2ccccc2c1. The highest BCUT2D eigenvalue weighted by Gasteiger charge is 2.17. The summed E-state index contributed by atoms with van der Waals surface area (Å²) >= 11 is 0. The Morgan fingerprint density at radius 2 is 1.77 bits per heavy atom. The number of hydrogen-bond donors (Lipinski definition) is 1. The van der Waals surface area contributed by atoms with E-state index in [1.165, 1.54) is 28.7 Å². The number of nitrogens with zero attached hydrogens (tertiary/aromatic N) is 3. The van der Waals surface area contributed by atoms with Crippen LogP contribution in [-0.2, 0) is 4.74 Å². The van der Waals surface area contributed by atoms with Crippen molar-refractivity contribution in [3.8, 4) is 0 Å². The van der Waals surface area contributed by atoms with E-state index in [9.17, 15) is 4.79 Å². The number of aryl methyl sites for hydroxylation is 1. The zero-order chi connectivity index (χ0) is 21.3. The molecular formula is C24H30N4O2. The van der Waals surface area contributed by atoms with E-state index in [-0.39, 0.29) is 5.97 Å². The van der Waals surface area contributed by atoms with Gasteiger partial charge in [0.05, 0.1) is 12.2 Å². The van der Waals surface area contributed by atoms with E-state index in [1.807, 2.05) is 0 Å². The molecule has 6 nitrogen and oxygen atoms in total. The van der Waals surface area contributed by atoms with Gasteiger partial charge in [-0.3, -0.25) is 0 Å². The zero-order valence-corrected chi connectivity index (χ0v) is 18.0. The van der Waals surface area contributed by atoms with Gasteiger partial charge in [0.15, 0.2) is 0 Å². The maximum atomic E-state index is 11.5. The number of carbonyl (C=O) groups is 1. The monoisotopic (exact) mass is 406 g/mol. The van der Waals surface area contributed by atoms with Crippen LogP contribution in [-0.4, -0.2) is 53.6 Å². The summed E-state index contributed by atoms with van der Waals surface area (Å²) in [6, 6.07) is 15.3. The molecule has 2 heterocycles. The molecule has 4 rings (SSSR count). The van der Waals surface area contributed by atoms with Crippen LogP contribution in [0.4, 0.5) is 5.95 Å². The van der Waals surface area contributed by atoms with E-state index < -0.39 is 0 Å². The average Bonchev–Trinajstić information content (AvgIpc) is 2.76. The molecule has 3 aromatic rings. The van der Waals surface area contributed by atoms with Crippen LogP contribution in [0.25, 0.3) is 10.8 Å². The molecule has 0 atom stereocenters. The van der Waals surface area contributed by atoms with E-state index in [2.05, 4.69) is 76.6 Å². The summed E-state index contributed by atoms with van der Waals surface area (Å²) in [7, 11) is 2.13. The highest BCUT2D eigenvalue weighted by Crippen LogP contribution is 2.14. The van der Waals surface area contributed by atoms with Gasteiger partial charge in [-0.25, -0.2) is 14.8 Å². The van der Waals surface area contributed by atoms with E-state index in [0.29, 0.717) is 24.2 Å². The molecular weight excluding hydrogens is 376 g/mol. The summed E-state index contributed by atoms with van der Waals surface area (Å²) in [5.41, 5.74) is 1.71. The van der Waals surface area contributed by atoms with Gasteiger partial charge in [-0.15, -0.1) is 0 Å². The first-order chi connectivity index (χ1) is 14.5. The van der Waals surface area contributed by atoms with Crippen LogP contribution in [0.5, 0.6) is 0 Å². The molecule has 0 bridgehead atoms. The smallest absolute Gasteiger partial charge is 0.341 e. The van der Waals surface area contributed by atoms with Crippen molar-refractivity contribution < 1.29 is 9.53 Å². The van der Waals surface area contributed by atoms with Crippen LogP contribution in [0.2, 0.25) is 0 Å². The van der Waals surface area contributed by atoms with E-state index >= 15 is 0 Å². The minimum Gasteiger partial charge on any atom is -0.462 e. The number of likely N-dealkylation sites (tertiary alicyclic amines) is 1. The summed E-state index contributed by atoms with van der Waals surface area (Å²) in [6.07, 6.45) is 5.17. The van der Waals surface area contributed by atoms with Crippen molar-refractivity contribution in [3.63, 3.8) is 0 Å². The van der Waals surface area contributed by atoms with E-state index in [1.54, 1.807) is 6.92 Å². The molecule has 0 amide bonds. The number of rotatable bonds is 4. The van der Waals surface area contributed by atoms with Crippen LogP contribution in [0.15, 0.2) is 54.9 Å². The predicted molar refractivity (Wildman–Crippen MR) is 121 cm³/mol. The summed E-state index contributed by atoms with van der Waals surface area (Å²) in [4.78, 5) is 22.1. The Balaban J connectivity index is 0.000000196. The highest BCUT2D eigenvalue weighted by atomic mass is 16.5. The van der Waals surface area contributed by atoms with Gasteiger partial charge in [0, 0.05) is 18.4 Å². The number of anilines is 1. The number of esters is 1. The highest BCUT2D eigenvalue weighted by molar-refractivity contribution is 5.88. The number of aromatic nitrogens is 2. The molecule has 1 aliphatic rings. The molecule has 158 valence electrons. The Bertz CT molecular complexity index is 951. The van der Waals surface area contributed by atoms with Gasteiger partial charge in [0.1, 0.15) is 0 Å². The fourth-order valence-electron chi connectivity index (χ4n) is 3.37.